The van der Waals surface area contributed by atoms with Gasteiger partial charge in [0.25, 0.3) is 0 Å². The van der Waals surface area contributed by atoms with Crippen molar-refractivity contribution in [1.82, 2.24) is 15.1 Å². The van der Waals surface area contributed by atoms with Crippen LogP contribution >= 0.6 is 0 Å². The average molecular weight is 296 g/mol. The van der Waals surface area contributed by atoms with E-state index in [0.717, 1.165) is 37.1 Å². The second-order valence-corrected chi connectivity index (χ2v) is 6.73. The molecule has 1 aliphatic heterocycles. The number of aryl methyl sites for hydroxylation is 1. The fourth-order valence-electron chi connectivity index (χ4n) is 3.46. The standard InChI is InChI=1S/C18H24N4/c1-13-9-17-19-10-14(12-22(17)21-13)11-20-18(16-7-8-16)15-5-3-2-4-6-15/h2-6,9,14,16,18-20H,7-8,10-12H2,1H3/t14-,18+/m0/s1. The summed E-state index contributed by atoms with van der Waals surface area (Å²) in [6.07, 6.45) is 2.72. The Morgan fingerprint density at radius 3 is 2.91 bits per heavy atom. The van der Waals surface area contributed by atoms with Gasteiger partial charge in [-0.15, -0.1) is 0 Å². The zero-order chi connectivity index (χ0) is 14.9. The van der Waals surface area contributed by atoms with E-state index >= 15 is 0 Å². The molecule has 0 spiro atoms. The van der Waals surface area contributed by atoms with Gasteiger partial charge in [0.1, 0.15) is 5.82 Å². The minimum Gasteiger partial charge on any atom is -0.370 e. The number of benzene rings is 1. The molecule has 0 radical (unpaired) electrons. The quantitative estimate of drug-likeness (QED) is 0.891. The van der Waals surface area contributed by atoms with Gasteiger partial charge in [0, 0.05) is 37.7 Å². The summed E-state index contributed by atoms with van der Waals surface area (Å²) in [7, 11) is 0. The average Bonchev–Trinajstić information content (AvgIpc) is 3.29. The van der Waals surface area contributed by atoms with Gasteiger partial charge in [-0.05, 0) is 31.2 Å². The summed E-state index contributed by atoms with van der Waals surface area (Å²) in [6, 6.07) is 13.5. The number of nitrogens with zero attached hydrogens (tertiary/aromatic N) is 2. The Labute approximate surface area is 131 Å². The largest absolute Gasteiger partial charge is 0.370 e. The zero-order valence-corrected chi connectivity index (χ0v) is 13.1. The van der Waals surface area contributed by atoms with Crippen LogP contribution in [-0.4, -0.2) is 22.9 Å². The van der Waals surface area contributed by atoms with Crippen molar-refractivity contribution in [2.45, 2.75) is 32.4 Å². The molecule has 4 nitrogen and oxygen atoms in total. The summed E-state index contributed by atoms with van der Waals surface area (Å²) in [5, 5.41) is 11.9. The lowest BCUT2D eigenvalue weighted by Crippen LogP contribution is -2.37. The van der Waals surface area contributed by atoms with Crippen LogP contribution in [0.25, 0.3) is 0 Å². The van der Waals surface area contributed by atoms with Crippen LogP contribution in [0.5, 0.6) is 0 Å². The Kier molecular flexibility index (Phi) is 3.62. The van der Waals surface area contributed by atoms with Crippen molar-refractivity contribution in [3.05, 3.63) is 47.7 Å². The molecule has 2 aliphatic rings. The monoisotopic (exact) mass is 296 g/mol. The molecule has 1 aliphatic carbocycles. The first kappa shape index (κ1) is 13.8. The van der Waals surface area contributed by atoms with Gasteiger partial charge in [0.2, 0.25) is 0 Å². The second kappa shape index (κ2) is 5.76. The molecule has 2 aromatic rings. The molecular weight excluding hydrogens is 272 g/mol. The first-order chi connectivity index (χ1) is 10.8. The number of fused-ring (bicyclic) bond motifs is 1. The molecule has 2 N–H and O–H groups in total. The molecule has 1 aromatic heterocycles. The summed E-state index contributed by atoms with van der Waals surface area (Å²) in [4.78, 5) is 0. The van der Waals surface area contributed by atoms with E-state index in [1.807, 2.05) is 0 Å². The summed E-state index contributed by atoms with van der Waals surface area (Å²) < 4.78 is 2.11. The van der Waals surface area contributed by atoms with E-state index in [0.29, 0.717) is 12.0 Å². The van der Waals surface area contributed by atoms with Crippen LogP contribution in [0.15, 0.2) is 36.4 Å². The Balaban J connectivity index is 1.39. The molecule has 22 heavy (non-hydrogen) atoms. The fraction of sp³-hybridized carbons (Fsp3) is 0.500. The lowest BCUT2D eigenvalue weighted by atomic mass is 10.0. The molecule has 4 rings (SSSR count). The van der Waals surface area contributed by atoms with Gasteiger partial charge < -0.3 is 10.6 Å². The van der Waals surface area contributed by atoms with Crippen molar-refractivity contribution < 1.29 is 0 Å². The molecule has 0 unspecified atom stereocenters. The van der Waals surface area contributed by atoms with Crippen LogP contribution in [0, 0.1) is 18.8 Å². The van der Waals surface area contributed by atoms with Crippen LogP contribution in [0.2, 0.25) is 0 Å². The van der Waals surface area contributed by atoms with Crippen molar-refractivity contribution >= 4 is 5.82 Å². The lowest BCUT2D eigenvalue weighted by Gasteiger charge is -2.27. The van der Waals surface area contributed by atoms with E-state index in [1.54, 1.807) is 0 Å². The molecule has 0 amide bonds. The van der Waals surface area contributed by atoms with Gasteiger partial charge in [0.15, 0.2) is 0 Å². The minimum atomic E-state index is 0.516. The maximum Gasteiger partial charge on any atom is 0.124 e. The predicted molar refractivity (Wildman–Crippen MR) is 88.9 cm³/mol. The van der Waals surface area contributed by atoms with Gasteiger partial charge in [-0.25, -0.2) is 4.68 Å². The third-order valence-corrected chi connectivity index (χ3v) is 4.78. The Morgan fingerprint density at radius 2 is 2.14 bits per heavy atom. The summed E-state index contributed by atoms with van der Waals surface area (Å²) in [6.45, 7) is 5.14. The normalized spacial score (nSPS) is 22.0. The SMILES string of the molecule is Cc1cc2n(n1)C[C@H](CN[C@H](c1ccccc1)C1CC1)CN2. The third-order valence-electron chi connectivity index (χ3n) is 4.78. The molecular formula is C18H24N4. The highest BCUT2D eigenvalue weighted by Crippen LogP contribution is 2.41. The smallest absolute Gasteiger partial charge is 0.124 e. The first-order valence-electron chi connectivity index (χ1n) is 8.36. The topological polar surface area (TPSA) is 41.9 Å². The van der Waals surface area contributed by atoms with E-state index < -0.39 is 0 Å². The molecule has 1 fully saturated rings. The van der Waals surface area contributed by atoms with Crippen LogP contribution in [0.1, 0.15) is 30.1 Å². The van der Waals surface area contributed by atoms with Gasteiger partial charge in [-0.3, -0.25) is 0 Å². The molecule has 0 saturated heterocycles. The van der Waals surface area contributed by atoms with Crippen molar-refractivity contribution in [3.8, 4) is 0 Å². The fourth-order valence-corrected chi connectivity index (χ4v) is 3.46. The van der Waals surface area contributed by atoms with E-state index in [9.17, 15) is 0 Å². The van der Waals surface area contributed by atoms with E-state index in [2.05, 4.69) is 63.7 Å². The number of hydrogen-bond acceptors (Lipinski definition) is 3. The van der Waals surface area contributed by atoms with Crippen LogP contribution < -0.4 is 10.6 Å². The lowest BCUT2D eigenvalue weighted by molar-refractivity contribution is 0.358. The van der Waals surface area contributed by atoms with Gasteiger partial charge in [0.05, 0.1) is 5.69 Å². The number of anilines is 1. The maximum atomic E-state index is 4.56. The Bertz CT molecular complexity index is 630. The highest BCUT2D eigenvalue weighted by atomic mass is 15.3. The van der Waals surface area contributed by atoms with E-state index in [4.69, 9.17) is 0 Å². The minimum absolute atomic E-state index is 0.516. The number of hydrogen-bond donors (Lipinski definition) is 2. The first-order valence-corrected chi connectivity index (χ1v) is 8.36. The number of nitrogens with one attached hydrogen (secondary N) is 2. The molecule has 1 aromatic carbocycles. The molecule has 4 heteroatoms. The van der Waals surface area contributed by atoms with Crippen LogP contribution in [0.4, 0.5) is 5.82 Å². The molecule has 2 heterocycles. The highest BCUT2D eigenvalue weighted by Gasteiger charge is 2.32. The van der Waals surface area contributed by atoms with Crippen molar-refractivity contribution in [2.24, 2.45) is 11.8 Å². The second-order valence-electron chi connectivity index (χ2n) is 6.73. The van der Waals surface area contributed by atoms with E-state index in [-0.39, 0.29) is 0 Å². The molecule has 0 bridgehead atoms. The maximum absolute atomic E-state index is 4.56. The van der Waals surface area contributed by atoms with Gasteiger partial charge >= 0.3 is 0 Å². The number of rotatable bonds is 5. The molecule has 2 atom stereocenters. The molecule has 1 saturated carbocycles. The molecule has 116 valence electrons. The summed E-state index contributed by atoms with van der Waals surface area (Å²) >= 11 is 0. The summed E-state index contributed by atoms with van der Waals surface area (Å²) in [5.41, 5.74) is 2.53. The van der Waals surface area contributed by atoms with Crippen molar-refractivity contribution in [1.29, 1.82) is 0 Å². The van der Waals surface area contributed by atoms with Crippen LogP contribution in [-0.2, 0) is 6.54 Å². The zero-order valence-electron chi connectivity index (χ0n) is 13.1. The van der Waals surface area contributed by atoms with E-state index in [1.165, 1.54) is 18.4 Å². The number of aromatic nitrogens is 2. The Morgan fingerprint density at radius 1 is 1.32 bits per heavy atom. The van der Waals surface area contributed by atoms with Crippen LogP contribution in [0.3, 0.4) is 0 Å². The van der Waals surface area contributed by atoms with Gasteiger partial charge in [-0.1, -0.05) is 30.3 Å². The summed E-state index contributed by atoms with van der Waals surface area (Å²) in [5.74, 6) is 2.58. The predicted octanol–water partition coefficient (Wildman–Crippen LogP) is 2.97. The van der Waals surface area contributed by atoms with Gasteiger partial charge in [-0.2, -0.15) is 5.10 Å². The highest BCUT2D eigenvalue weighted by molar-refractivity contribution is 5.38. The van der Waals surface area contributed by atoms with Crippen molar-refractivity contribution in [3.63, 3.8) is 0 Å². The van der Waals surface area contributed by atoms with Crippen molar-refractivity contribution in [2.75, 3.05) is 18.4 Å². The third kappa shape index (κ3) is 2.88. The Hall–Kier alpha value is -1.81.